The SMILES string of the molecule is CC(C)(C)OC(=O)C1(C(=O)OC(C)(C)C)CCN(C(=O)CCC(=O)O)CC1. The van der Waals surface area contributed by atoms with Crippen LogP contribution in [0.5, 0.6) is 0 Å². The lowest BCUT2D eigenvalue weighted by Crippen LogP contribution is -2.53. The van der Waals surface area contributed by atoms with Crippen LogP contribution in [-0.4, -0.2) is 58.1 Å². The zero-order valence-electron chi connectivity index (χ0n) is 17.1. The first-order valence-electron chi connectivity index (χ1n) is 9.13. The smallest absolute Gasteiger partial charge is 0.324 e. The van der Waals surface area contributed by atoms with Crippen molar-refractivity contribution in [1.29, 1.82) is 0 Å². The van der Waals surface area contributed by atoms with Crippen LogP contribution in [-0.2, 0) is 28.7 Å². The Labute approximate surface area is 160 Å². The van der Waals surface area contributed by atoms with Gasteiger partial charge in [0.1, 0.15) is 11.2 Å². The highest BCUT2D eigenvalue weighted by Gasteiger charge is 2.53. The summed E-state index contributed by atoms with van der Waals surface area (Å²) >= 11 is 0. The lowest BCUT2D eigenvalue weighted by Gasteiger charge is -2.40. The number of esters is 2. The number of likely N-dealkylation sites (tertiary alicyclic amines) is 1. The number of amides is 1. The Hall–Kier alpha value is -2.12. The van der Waals surface area contributed by atoms with E-state index in [1.807, 2.05) is 0 Å². The second-order valence-corrected chi connectivity index (χ2v) is 8.86. The van der Waals surface area contributed by atoms with Gasteiger partial charge in [0.25, 0.3) is 0 Å². The van der Waals surface area contributed by atoms with E-state index >= 15 is 0 Å². The van der Waals surface area contributed by atoms with Crippen LogP contribution in [0.2, 0.25) is 0 Å². The van der Waals surface area contributed by atoms with Gasteiger partial charge in [0.2, 0.25) is 5.91 Å². The van der Waals surface area contributed by atoms with Crippen LogP contribution in [0, 0.1) is 5.41 Å². The molecule has 1 N–H and O–H groups in total. The van der Waals surface area contributed by atoms with Gasteiger partial charge in [-0.2, -0.15) is 0 Å². The van der Waals surface area contributed by atoms with Crippen molar-refractivity contribution < 1.29 is 33.8 Å². The van der Waals surface area contributed by atoms with E-state index in [9.17, 15) is 19.2 Å². The average molecular weight is 385 g/mol. The van der Waals surface area contributed by atoms with E-state index in [0.29, 0.717) is 0 Å². The number of carbonyl (C=O) groups is 4. The summed E-state index contributed by atoms with van der Waals surface area (Å²) in [6.45, 7) is 10.7. The molecule has 0 aliphatic carbocycles. The van der Waals surface area contributed by atoms with Gasteiger partial charge in [0.05, 0.1) is 6.42 Å². The number of rotatable bonds is 5. The molecule has 1 saturated heterocycles. The van der Waals surface area contributed by atoms with Crippen molar-refractivity contribution in [2.24, 2.45) is 5.41 Å². The molecular formula is C19H31NO7. The first-order valence-corrected chi connectivity index (χ1v) is 9.13. The van der Waals surface area contributed by atoms with E-state index in [4.69, 9.17) is 14.6 Å². The van der Waals surface area contributed by atoms with E-state index < -0.39 is 34.5 Å². The van der Waals surface area contributed by atoms with Crippen molar-refractivity contribution in [3.05, 3.63) is 0 Å². The van der Waals surface area contributed by atoms with E-state index in [1.54, 1.807) is 41.5 Å². The molecule has 0 aromatic carbocycles. The largest absolute Gasteiger partial charge is 0.481 e. The third kappa shape index (κ3) is 6.84. The molecule has 0 radical (unpaired) electrons. The van der Waals surface area contributed by atoms with E-state index in [0.717, 1.165) is 0 Å². The molecule has 1 heterocycles. The lowest BCUT2D eigenvalue weighted by molar-refractivity contribution is -0.189. The molecule has 8 nitrogen and oxygen atoms in total. The highest BCUT2D eigenvalue weighted by atomic mass is 16.6. The monoisotopic (exact) mass is 385 g/mol. The van der Waals surface area contributed by atoms with Gasteiger partial charge in [0, 0.05) is 19.5 Å². The zero-order chi connectivity index (χ0) is 21.0. The third-order valence-corrected chi connectivity index (χ3v) is 4.10. The minimum absolute atomic E-state index is 0.0790. The number of carbonyl (C=O) groups excluding carboxylic acids is 3. The fourth-order valence-corrected chi connectivity index (χ4v) is 2.75. The van der Waals surface area contributed by atoms with Crippen LogP contribution in [0.4, 0.5) is 0 Å². The summed E-state index contributed by atoms with van der Waals surface area (Å²) < 4.78 is 10.9. The molecule has 0 spiro atoms. The molecule has 0 saturated carbocycles. The predicted octanol–water partition coefficient (Wildman–Crippen LogP) is 2.14. The topological polar surface area (TPSA) is 110 Å². The number of ether oxygens (including phenoxy) is 2. The van der Waals surface area contributed by atoms with Crippen molar-refractivity contribution in [2.75, 3.05) is 13.1 Å². The zero-order valence-corrected chi connectivity index (χ0v) is 17.1. The number of aliphatic carboxylic acids is 1. The summed E-state index contributed by atoms with van der Waals surface area (Å²) in [5, 5.41) is 8.71. The average Bonchev–Trinajstić information content (AvgIpc) is 2.49. The Morgan fingerprint density at radius 3 is 1.59 bits per heavy atom. The van der Waals surface area contributed by atoms with Crippen LogP contribution < -0.4 is 0 Å². The number of piperidine rings is 1. The van der Waals surface area contributed by atoms with Gasteiger partial charge < -0.3 is 19.5 Å². The molecule has 0 atom stereocenters. The van der Waals surface area contributed by atoms with Gasteiger partial charge in [-0.3, -0.25) is 19.2 Å². The van der Waals surface area contributed by atoms with Crippen LogP contribution >= 0.6 is 0 Å². The van der Waals surface area contributed by atoms with Gasteiger partial charge in [-0.25, -0.2) is 0 Å². The number of carboxylic acid groups (broad SMARTS) is 1. The fourth-order valence-electron chi connectivity index (χ4n) is 2.75. The predicted molar refractivity (Wildman–Crippen MR) is 96.8 cm³/mol. The van der Waals surface area contributed by atoms with Crippen LogP contribution in [0.25, 0.3) is 0 Å². The molecule has 1 aliphatic heterocycles. The van der Waals surface area contributed by atoms with E-state index in [-0.39, 0.29) is 44.7 Å². The molecular weight excluding hydrogens is 354 g/mol. The first-order chi connectivity index (χ1) is 12.2. The fraction of sp³-hybridized carbons (Fsp3) is 0.789. The molecule has 1 fully saturated rings. The number of carboxylic acids is 1. The number of nitrogens with zero attached hydrogens (tertiary/aromatic N) is 1. The summed E-state index contributed by atoms with van der Waals surface area (Å²) in [4.78, 5) is 50.0. The highest BCUT2D eigenvalue weighted by molar-refractivity contribution is 6.00. The molecule has 1 amide bonds. The second kappa shape index (κ2) is 8.27. The Balaban J connectivity index is 2.96. The maximum absolute atomic E-state index is 12.9. The quantitative estimate of drug-likeness (QED) is 0.570. The van der Waals surface area contributed by atoms with Crippen molar-refractivity contribution >= 4 is 23.8 Å². The van der Waals surface area contributed by atoms with Gasteiger partial charge in [-0.15, -0.1) is 0 Å². The standard InChI is InChI=1S/C19H31NO7/c1-17(2,3)26-15(24)19(16(25)27-18(4,5)6)9-11-20(12-10-19)13(21)7-8-14(22)23/h7-12H2,1-6H3,(H,22,23). The summed E-state index contributed by atoms with van der Waals surface area (Å²) in [5.74, 6) is -2.65. The molecule has 0 aromatic heterocycles. The summed E-state index contributed by atoms with van der Waals surface area (Å²) in [5.41, 5.74) is -2.99. The van der Waals surface area contributed by atoms with Gasteiger partial charge in [-0.05, 0) is 54.4 Å². The van der Waals surface area contributed by atoms with Crippen molar-refractivity contribution in [1.82, 2.24) is 4.90 Å². The highest BCUT2D eigenvalue weighted by Crippen LogP contribution is 2.37. The minimum atomic E-state index is -1.47. The Morgan fingerprint density at radius 1 is 0.852 bits per heavy atom. The van der Waals surface area contributed by atoms with Gasteiger partial charge >= 0.3 is 17.9 Å². The molecule has 1 aliphatic rings. The Morgan fingerprint density at radius 2 is 1.26 bits per heavy atom. The van der Waals surface area contributed by atoms with Gasteiger partial charge in [0.15, 0.2) is 5.41 Å². The van der Waals surface area contributed by atoms with E-state index in [2.05, 4.69) is 0 Å². The third-order valence-electron chi connectivity index (χ3n) is 4.10. The Bertz CT molecular complexity index is 560. The molecule has 0 aromatic rings. The first kappa shape index (κ1) is 22.9. The van der Waals surface area contributed by atoms with Crippen LogP contribution in [0.3, 0.4) is 0 Å². The minimum Gasteiger partial charge on any atom is -0.481 e. The summed E-state index contributed by atoms with van der Waals surface area (Å²) in [7, 11) is 0. The molecule has 1 rings (SSSR count). The van der Waals surface area contributed by atoms with Crippen LogP contribution in [0.15, 0.2) is 0 Å². The second-order valence-electron chi connectivity index (χ2n) is 8.86. The van der Waals surface area contributed by atoms with Gasteiger partial charge in [-0.1, -0.05) is 0 Å². The lowest BCUT2D eigenvalue weighted by atomic mass is 9.77. The molecule has 154 valence electrons. The maximum atomic E-state index is 12.9. The summed E-state index contributed by atoms with van der Waals surface area (Å²) in [6, 6.07) is 0. The van der Waals surface area contributed by atoms with E-state index in [1.165, 1.54) is 4.90 Å². The van der Waals surface area contributed by atoms with Crippen molar-refractivity contribution in [2.45, 2.75) is 78.4 Å². The maximum Gasteiger partial charge on any atom is 0.324 e. The van der Waals surface area contributed by atoms with Crippen molar-refractivity contribution in [3.63, 3.8) is 0 Å². The van der Waals surface area contributed by atoms with Crippen molar-refractivity contribution in [3.8, 4) is 0 Å². The Kier molecular flexibility index (Phi) is 7.02. The summed E-state index contributed by atoms with van der Waals surface area (Å²) in [6.07, 6.45) is -0.203. The number of hydrogen-bond acceptors (Lipinski definition) is 6. The molecule has 0 bridgehead atoms. The molecule has 8 heteroatoms. The molecule has 0 unspecified atom stereocenters. The normalized spacial score (nSPS) is 17.2. The molecule has 27 heavy (non-hydrogen) atoms. The number of hydrogen-bond donors (Lipinski definition) is 1. The van der Waals surface area contributed by atoms with Crippen LogP contribution in [0.1, 0.15) is 67.2 Å².